The molecule has 2 nitrogen and oxygen atoms in total. The predicted molar refractivity (Wildman–Crippen MR) is 120 cm³/mol. The highest BCUT2D eigenvalue weighted by Crippen LogP contribution is 2.50. The average Bonchev–Trinajstić information content (AvgIpc) is 3.55. The first-order valence-corrected chi connectivity index (χ1v) is 11.6. The van der Waals surface area contributed by atoms with Crippen LogP contribution in [0.1, 0.15) is 69.0 Å². The van der Waals surface area contributed by atoms with Crippen LogP contribution in [0.25, 0.3) is 0 Å². The van der Waals surface area contributed by atoms with Gasteiger partial charge in [0.2, 0.25) is 5.91 Å². The lowest BCUT2D eigenvalue weighted by Gasteiger charge is -2.48. The van der Waals surface area contributed by atoms with Crippen LogP contribution in [0.5, 0.6) is 0 Å². The Labute approximate surface area is 184 Å². The largest absolute Gasteiger partial charge is 0.332 e. The maximum absolute atomic E-state index is 13.7. The smallest absolute Gasteiger partial charge is 0.226 e. The van der Waals surface area contributed by atoms with E-state index in [1.807, 2.05) is 24.3 Å². The minimum absolute atomic E-state index is 0.0200. The van der Waals surface area contributed by atoms with Crippen molar-refractivity contribution in [2.75, 3.05) is 0 Å². The van der Waals surface area contributed by atoms with Crippen LogP contribution in [-0.4, -0.2) is 16.8 Å². The van der Waals surface area contributed by atoms with E-state index in [4.69, 9.17) is 23.2 Å². The van der Waals surface area contributed by atoms with Gasteiger partial charge in [0.25, 0.3) is 0 Å². The molecule has 1 amide bonds. The van der Waals surface area contributed by atoms with Gasteiger partial charge in [-0.1, -0.05) is 61.3 Å². The van der Waals surface area contributed by atoms with Crippen LogP contribution in [0.4, 0.5) is 0 Å². The molecule has 1 saturated carbocycles. The number of carbonyl (C=O) groups is 1. The molecule has 4 atom stereocenters. The number of amides is 1. The second-order valence-electron chi connectivity index (χ2n) is 8.56. The summed E-state index contributed by atoms with van der Waals surface area (Å²) in [5, 5.41) is 1.48. The van der Waals surface area contributed by atoms with E-state index in [1.165, 1.54) is 24.0 Å². The Bertz CT molecular complexity index is 861. The fourth-order valence-electron chi connectivity index (χ4n) is 5.14. The SMILES string of the molecule is CCC1C[C@H](c2cccc(Cl)c2)[C@@H](c2ccc(Cl)cc2)N([C@H](CC)C2CC2)C1=O. The van der Waals surface area contributed by atoms with E-state index >= 15 is 0 Å². The molecule has 2 aromatic rings. The molecule has 2 aliphatic rings. The summed E-state index contributed by atoms with van der Waals surface area (Å²) in [5.41, 5.74) is 2.39. The molecular formula is C25H29Cl2NO. The molecule has 0 N–H and O–H groups in total. The number of halogens is 2. The third-order valence-corrected chi connectivity index (χ3v) is 7.23. The van der Waals surface area contributed by atoms with E-state index in [9.17, 15) is 4.79 Å². The quantitative estimate of drug-likeness (QED) is 0.472. The van der Waals surface area contributed by atoms with E-state index < -0.39 is 0 Å². The summed E-state index contributed by atoms with van der Waals surface area (Å²) in [6.07, 6.45) is 5.20. The number of carbonyl (C=O) groups excluding carboxylic acids is 1. The highest BCUT2D eigenvalue weighted by molar-refractivity contribution is 6.30. The van der Waals surface area contributed by atoms with Gasteiger partial charge >= 0.3 is 0 Å². The molecule has 154 valence electrons. The van der Waals surface area contributed by atoms with Crippen LogP contribution in [-0.2, 0) is 4.79 Å². The van der Waals surface area contributed by atoms with Crippen molar-refractivity contribution in [3.63, 3.8) is 0 Å². The molecule has 1 unspecified atom stereocenters. The zero-order valence-corrected chi connectivity index (χ0v) is 18.7. The second kappa shape index (κ2) is 8.70. The van der Waals surface area contributed by atoms with Gasteiger partial charge in [-0.3, -0.25) is 4.79 Å². The molecule has 1 aliphatic carbocycles. The first-order valence-electron chi connectivity index (χ1n) is 10.9. The number of hydrogen-bond acceptors (Lipinski definition) is 1. The van der Waals surface area contributed by atoms with Crippen LogP contribution < -0.4 is 0 Å². The van der Waals surface area contributed by atoms with E-state index in [-0.39, 0.29) is 17.9 Å². The van der Waals surface area contributed by atoms with Gasteiger partial charge in [-0.15, -0.1) is 0 Å². The molecule has 4 heteroatoms. The molecule has 2 fully saturated rings. The first kappa shape index (κ1) is 20.8. The minimum Gasteiger partial charge on any atom is -0.332 e. The minimum atomic E-state index is 0.0200. The van der Waals surface area contributed by atoms with Gasteiger partial charge < -0.3 is 4.90 Å². The van der Waals surface area contributed by atoms with E-state index in [0.717, 1.165) is 29.3 Å². The van der Waals surface area contributed by atoms with Gasteiger partial charge in [0.05, 0.1) is 6.04 Å². The molecule has 0 aromatic heterocycles. The maximum Gasteiger partial charge on any atom is 0.226 e. The molecule has 0 bridgehead atoms. The fourth-order valence-corrected chi connectivity index (χ4v) is 5.46. The lowest BCUT2D eigenvalue weighted by Crippen LogP contribution is -2.52. The Morgan fingerprint density at radius 2 is 1.72 bits per heavy atom. The molecule has 1 heterocycles. The van der Waals surface area contributed by atoms with E-state index in [0.29, 0.717) is 17.9 Å². The third kappa shape index (κ3) is 4.20. The van der Waals surface area contributed by atoms with Crippen molar-refractivity contribution in [3.05, 3.63) is 69.7 Å². The van der Waals surface area contributed by atoms with Crippen molar-refractivity contribution in [1.82, 2.24) is 4.90 Å². The Balaban J connectivity index is 1.84. The Morgan fingerprint density at radius 1 is 1.00 bits per heavy atom. The number of rotatable bonds is 6. The maximum atomic E-state index is 13.7. The first-order chi connectivity index (χ1) is 14.0. The number of piperidine rings is 1. The van der Waals surface area contributed by atoms with Crippen molar-refractivity contribution >= 4 is 29.1 Å². The second-order valence-corrected chi connectivity index (χ2v) is 9.43. The van der Waals surface area contributed by atoms with Crippen LogP contribution in [0.3, 0.4) is 0 Å². The van der Waals surface area contributed by atoms with Gasteiger partial charge in [-0.2, -0.15) is 0 Å². The summed E-state index contributed by atoms with van der Waals surface area (Å²) in [7, 11) is 0. The van der Waals surface area contributed by atoms with Crippen LogP contribution >= 0.6 is 23.2 Å². The zero-order valence-electron chi connectivity index (χ0n) is 17.2. The van der Waals surface area contributed by atoms with Gasteiger partial charge in [-0.05, 0) is 73.4 Å². The molecular weight excluding hydrogens is 401 g/mol. The topological polar surface area (TPSA) is 20.3 Å². The average molecular weight is 430 g/mol. The van der Waals surface area contributed by atoms with Gasteiger partial charge in [0, 0.05) is 27.9 Å². The predicted octanol–water partition coefficient (Wildman–Crippen LogP) is 7.27. The van der Waals surface area contributed by atoms with Crippen LogP contribution in [0.15, 0.2) is 48.5 Å². The summed E-state index contributed by atoms with van der Waals surface area (Å²) in [5.74, 6) is 1.25. The summed E-state index contributed by atoms with van der Waals surface area (Å²) in [6, 6.07) is 16.6. The van der Waals surface area contributed by atoms with Crippen molar-refractivity contribution in [3.8, 4) is 0 Å². The number of nitrogens with zero attached hydrogens (tertiary/aromatic N) is 1. The Morgan fingerprint density at radius 3 is 2.31 bits per heavy atom. The zero-order chi connectivity index (χ0) is 20.5. The van der Waals surface area contributed by atoms with Crippen molar-refractivity contribution in [1.29, 1.82) is 0 Å². The summed E-state index contributed by atoms with van der Waals surface area (Å²) in [6.45, 7) is 4.36. The lowest BCUT2D eigenvalue weighted by molar-refractivity contribution is -0.147. The van der Waals surface area contributed by atoms with Gasteiger partial charge in [0.15, 0.2) is 0 Å². The normalized spacial score (nSPS) is 25.9. The van der Waals surface area contributed by atoms with Crippen LogP contribution in [0, 0.1) is 11.8 Å². The number of likely N-dealkylation sites (tertiary alicyclic amines) is 1. The summed E-state index contributed by atoms with van der Waals surface area (Å²) < 4.78 is 0. The Kier molecular flexibility index (Phi) is 6.22. The highest BCUT2D eigenvalue weighted by atomic mass is 35.5. The number of benzene rings is 2. The molecule has 4 rings (SSSR count). The van der Waals surface area contributed by atoms with Gasteiger partial charge in [-0.25, -0.2) is 0 Å². The lowest BCUT2D eigenvalue weighted by atomic mass is 9.74. The molecule has 29 heavy (non-hydrogen) atoms. The standard InChI is InChI=1S/C25H29Cl2NO/c1-3-16-15-22(19-6-5-7-21(27)14-19)24(18-10-12-20(26)13-11-18)28(25(16)29)23(4-2)17-8-9-17/h5-7,10-14,16-17,22-24H,3-4,8-9,15H2,1-2H3/t16?,22-,23-,24-/m1/s1. The number of hydrogen-bond donors (Lipinski definition) is 0. The van der Waals surface area contributed by atoms with Crippen molar-refractivity contribution < 1.29 is 4.79 Å². The fraction of sp³-hybridized carbons (Fsp3) is 0.480. The summed E-state index contributed by atoms with van der Waals surface area (Å²) >= 11 is 12.6. The molecule has 1 saturated heterocycles. The molecule has 0 spiro atoms. The van der Waals surface area contributed by atoms with E-state index in [1.54, 1.807) is 0 Å². The van der Waals surface area contributed by atoms with E-state index in [2.05, 4.69) is 43.0 Å². The molecule has 2 aromatic carbocycles. The molecule has 1 aliphatic heterocycles. The summed E-state index contributed by atoms with van der Waals surface area (Å²) in [4.78, 5) is 15.9. The highest BCUT2D eigenvalue weighted by Gasteiger charge is 2.48. The Hall–Kier alpha value is -1.51. The van der Waals surface area contributed by atoms with Crippen molar-refractivity contribution in [2.45, 2.75) is 64.0 Å². The van der Waals surface area contributed by atoms with Gasteiger partial charge in [0.1, 0.15) is 0 Å². The third-order valence-electron chi connectivity index (χ3n) is 6.75. The monoisotopic (exact) mass is 429 g/mol. The van der Waals surface area contributed by atoms with Crippen molar-refractivity contribution in [2.24, 2.45) is 11.8 Å². The van der Waals surface area contributed by atoms with Crippen LogP contribution in [0.2, 0.25) is 10.0 Å². The molecule has 0 radical (unpaired) electrons.